The van der Waals surface area contributed by atoms with E-state index in [0.717, 1.165) is 11.1 Å². The van der Waals surface area contributed by atoms with Gasteiger partial charge in [0.25, 0.3) is 0 Å². The first-order valence-corrected chi connectivity index (χ1v) is 3.49. The van der Waals surface area contributed by atoms with Crippen LogP contribution in [0.5, 0.6) is 0 Å². The summed E-state index contributed by atoms with van der Waals surface area (Å²) >= 11 is 0. The fourth-order valence-electron chi connectivity index (χ4n) is 1.31. The molecule has 1 unspecified atom stereocenters. The second kappa shape index (κ2) is 2.49. The summed E-state index contributed by atoms with van der Waals surface area (Å²) in [6, 6.07) is 7.82. The number of benzene rings is 1. The molecule has 1 aliphatic carbocycles. The molecule has 0 aliphatic heterocycles. The number of fused-ring (bicyclic) bond motifs is 1. The van der Waals surface area contributed by atoms with Gasteiger partial charge >= 0.3 is 0 Å². The zero-order valence-electron chi connectivity index (χ0n) is 5.90. The molecule has 0 spiro atoms. The van der Waals surface area contributed by atoms with Crippen LogP contribution in [0.15, 0.2) is 30.3 Å². The summed E-state index contributed by atoms with van der Waals surface area (Å²) < 4.78 is 0. The van der Waals surface area contributed by atoms with E-state index >= 15 is 0 Å². The van der Waals surface area contributed by atoms with Gasteiger partial charge in [-0.3, -0.25) is 5.26 Å². The van der Waals surface area contributed by atoms with Crippen molar-refractivity contribution in [2.45, 2.75) is 6.10 Å². The Bertz CT molecular complexity index is 291. The van der Waals surface area contributed by atoms with Gasteiger partial charge in [0.1, 0.15) is 6.10 Å². The summed E-state index contributed by atoms with van der Waals surface area (Å²) in [6.45, 7) is 0. The zero-order chi connectivity index (χ0) is 7.68. The Morgan fingerprint density at radius 1 is 1.27 bits per heavy atom. The van der Waals surface area contributed by atoms with Gasteiger partial charge in [-0.05, 0) is 17.2 Å². The van der Waals surface area contributed by atoms with Crippen molar-refractivity contribution in [2.24, 2.45) is 0 Å². The molecule has 1 N–H and O–H groups in total. The maximum absolute atomic E-state index is 8.46. The second-order valence-corrected chi connectivity index (χ2v) is 2.51. The maximum Gasteiger partial charge on any atom is 0.137 e. The van der Waals surface area contributed by atoms with Crippen LogP contribution in [0.3, 0.4) is 0 Å². The molecule has 2 rings (SSSR count). The van der Waals surface area contributed by atoms with Crippen LogP contribution in [-0.4, -0.2) is 5.26 Å². The van der Waals surface area contributed by atoms with Gasteiger partial charge in [0.05, 0.1) is 0 Å². The molecule has 56 valence electrons. The van der Waals surface area contributed by atoms with Crippen LogP contribution in [0.4, 0.5) is 0 Å². The fraction of sp³-hybridized carbons (Fsp3) is 0.111. The van der Waals surface area contributed by atoms with Gasteiger partial charge in [-0.25, -0.2) is 4.89 Å². The van der Waals surface area contributed by atoms with Crippen molar-refractivity contribution in [3.05, 3.63) is 41.5 Å². The largest absolute Gasteiger partial charge is 0.251 e. The molecule has 2 nitrogen and oxygen atoms in total. The van der Waals surface area contributed by atoms with Gasteiger partial charge in [-0.2, -0.15) is 0 Å². The van der Waals surface area contributed by atoms with Gasteiger partial charge in [0, 0.05) is 0 Å². The second-order valence-electron chi connectivity index (χ2n) is 2.51. The third kappa shape index (κ3) is 0.964. The van der Waals surface area contributed by atoms with E-state index in [4.69, 9.17) is 5.26 Å². The lowest BCUT2D eigenvalue weighted by molar-refractivity contribution is -0.268. The van der Waals surface area contributed by atoms with E-state index in [1.54, 1.807) is 0 Å². The zero-order valence-corrected chi connectivity index (χ0v) is 5.90. The third-order valence-electron chi connectivity index (χ3n) is 1.87. The van der Waals surface area contributed by atoms with E-state index < -0.39 is 0 Å². The quantitative estimate of drug-likeness (QED) is 0.489. The summed E-state index contributed by atoms with van der Waals surface area (Å²) in [5.74, 6) is 0. The van der Waals surface area contributed by atoms with Gasteiger partial charge in [-0.15, -0.1) is 0 Å². The van der Waals surface area contributed by atoms with Gasteiger partial charge in [0.2, 0.25) is 0 Å². The average molecular weight is 148 g/mol. The molecule has 0 amide bonds. The summed E-state index contributed by atoms with van der Waals surface area (Å²) in [4.78, 5) is 4.25. The van der Waals surface area contributed by atoms with E-state index in [2.05, 4.69) is 4.89 Å². The molecule has 1 aromatic rings. The van der Waals surface area contributed by atoms with E-state index in [1.807, 2.05) is 36.4 Å². The van der Waals surface area contributed by atoms with Crippen molar-refractivity contribution >= 4 is 6.08 Å². The van der Waals surface area contributed by atoms with Crippen molar-refractivity contribution in [1.82, 2.24) is 0 Å². The van der Waals surface area contributed by atoms with Crippen LogP contribution >= 0.6 is 0 Å². The maximum atomic E-state index is 8.46. The molecule has 1 aliphatic rings. The van der Waals surface area contributed by atoms with Crippen molar-refractivity contribution < 1.29 is 10.1 Å². The molecule has 0 fully saturated rings. The molecular formula is C9H8O2. The summed E-state index contributed by atoms with van der Waals surface area (Å²) in [5.41, 5.74) is 2.14. The molecule has 1 aromatic carbocycles. The molecule has 0 saturated carbocycles. The fourth-order valence-corrected chi connectivity index (χ4v) is 1.31. The predicted octanol–water partition coefficient (Wildman–Crippen LogP) is 2.24. The number of hydrogen-bond donors (Lipinski definition) is 1. The van der Waals surface area contributed by atoms with Crippen molar-refractivity contribution in [3.8, 4) is 0 Å². The molecule has 0 bridgehead atoms. The van der Waals surface area contributed by atoms with Gasteiger partial charge in [-0.1, -0.05) is 30.3 Å². The highest BCUT2D eigenvalue weighted by molar-refractivity contribution is 5.61. The molecule has 0 aromatic heterocycles. The monoisotopic (exact) mass is 148 g/mol. The molecule has 0 saturated heterocycles. The lowest BCUT2D eigenvalue weighted by Crippen LogP contribution is -1.94. The van der Waals surface area contributed by atoms with Crippen LogP contribution in [-0.2, 0) is 4.89 Å². The highest BCUT2D eigenvalue weighted by atomic mass is 17.1. The molecule has 11 heavy (non-hydrogen) atoms. The summed E-state index contributed by atoms with van der Waals surface area (Å²) in [6.07, 6.45) is 3.49. The highest BCUT2D eigenvalue weighted by Gasteiger charge is 2.16. The first-order valence-electron chi connectivity index (χ1n) is 3.49. The van der Waals surface area contributed by atoms with Crippen LogP contribution in [0.2, 0.25) is 0 Å². The Balaban J connectivity index is 2.46. The molecular weight excluding hydrogens is 140 g/mol. The minimum Gasteiger partial charge on any atom is -0.251 e. The van der Waals surface area contributed by atoms with Gasteiger partial charge < -0.3 is 0 Å². The van der Waals surface area contributed by atoms with E-state index in [1.165, 1.54) is 0 Å². The molecule has 1 atom stereocenters. The summed E-state index contributed by atoms with van der Waals surface area (Å²) in [5, 5.41) is 8.46. The minimum atomic E-state index is -0.272. The van der Waals surface area contributed by atoms with Crippen LogP contribution in [0, 0.1) is 0 Å². The molecule has 2 heteroatoms. The number of rotatable bonds is 1. The molecule has 0 heterocycles. The third-order valence-corrected chi connectivity index (χ3v) is 1.87. The Hall–Kier alpha value is -1.12. The van der Waals surface area contributed by atoms with Crippen molar-refractivity contribution in [2.75, 3.05) is 0 Å². The Kier molecular flexibility index (Phi) is 1.49. The Morgan fingerprint density at radius 3 is 2.91 bits per heavy atom. The first kappa shape index (κ1) is 6.58. The highest BCUT2D eigenvalue weighted by Crippen LogP contribution is 2.29. The lowest BCUT2D eigenvalue weighted by Gasteiger charge is -2.04. The normalized spacial score (nSPS) is 20.3. The van der Waals surface area contributed by atoms with E-state index in [-0.39, 0.29) is 6.10 Å². The SMILES string of the molecule is OOC1C=Cc2ccccc21. The topological polar surface area (TPSA) is 29.5 Å². The first-order chi connectivity index (χ1) is 5.42. The van der Waals surface area contributed by atoms with Gasteiger partial charge in [0.15, 0.2) is 0 Å². The summed E-state index contributed by atoms with van der Waals surface area (Å²) in [7, 11) is 0. The van der Waals surface area contributed by atoms with E-state index in [9.17, 15) is 0 Å². The van der Waals surface area contributed by atoms with Crippen molar-refractivity contribution in [3.63, 3.8) is 0 Å². The van der Waals surface area contributed by atoms with Crippen LogP contribution in [0.1, 0.15) is 17.2 Å². The van der Waals surface area contributed by atoms with Crippen LogP contribution < -0.4 is 0 Å². The Labute approximate surface area is 64.7 Å². The average Bonchev–Trinajstić information content (AvgIpc) is 2.47. The Morgan fingerprint density at radius 2 is 2.09 bits per heavy atom. The number of hydrogen-bond acceptors (Lipinski definition) is 2. The predicted molar refractivity (Wildman–Crippen MR) is 41.9 cm³/mol. The minimum absolute atomic E-state index is 0.272. The van der Waals surface area contributed by atoms with E-state index in [0.29, 0.717) is 0 Å². The molecule has 0 radical (unpaired) electrons. The standard InChI is InChI=1S/C9H8O2/c10-11-9-6-5-7-3-1-2-4-8(7)9/h1-6,9-10H. The van der Waals surface area contributed by atoms with Crippen molar-refractivity contribution in [1.29, 1.82) is 0 Å². The lowest BCUT2D eigenvalue weighted by atomic mass is 10.1. The van der Waals surface area contributed by atoms with Crippen LogP contribution in [0.25, 0.3) is 6.08 Å². The smallest absolute Gasteiger partial charge is 0.137 e.